The lowest BCUT2D eigenvalue weighted by molar-refractivity contribution is 0.0877. The molecular weight excluding hydrogens is 224 g/mol. The molecule has 1 heterocycles. The highest BCUT2D eigenvalue weighted by atomic mass is 32.1. The van der Waals surface area contributed by atoms with E-state index >= 15 is 0 Å². The lowest BCUT2D eigenvalue weighted by Crippen LogP contribution is -2.38. The Morgan fingerprint density at radius 1 is 1.62 bits per heavy atom. The van der Waals surface area contributed by atoms with Gasteiger partial charge in [0, 0.05) is 13.1 Å². The number of aliphatic hydroxyl groups is 1. The molecule has 0 unspecified atom stereocenters. The standard InChI is InChI=1S/C10H16N4OS/c1-4-14(6-10(2,3)15)9-7(5-11)8(12)13-16-9/h15H,4,6H2,1-3H3,(H2,12,13). The van der Waals surface area contributed by atoms with Crippen molar-refractivity contribution in [1.29, 1.82) is 5.26 Å². The van der Waals surface area contributed by atoms with E-state index in [2.05, 4.69) is 4.37 Å². The molecule has 0 aliphatic rings. The molecule has 0 bridgehead atoms. The lowest BCUT2D eigenvalue weighted by atomic mass is 10.1. The Morgan fingerprint density at radius 2 is 2.25 bits per heavy atom. The van der Waals surface area contributed by atoms with Crippen LogP contribution >= 0.6 is 11.5 Å². The van der Waals surface area contributed by atoms with Crippen LogP contribution in [0.3, 0.4) is 0 Å². The maximum absolute atomic E-state index is 9.78. The van der Waals surface area contributed by atoms with E-state index in [0.29, 0.717) is 18.7 Å². The van der Waals surface area contributed by atoms with Crippen LogP contribution in [0.1, 0.15) is 26.3 Å². The highest BCUT2D eigenvalue weighted by Gasteiger charge is 2.22. The van der Waals surface area contributed by atoms with Crippen LogP contribution in [0.15, 0.2) is 0 Å². The van der Waals surface area contributed by atoms with Gasteiger partial charge in [-0.1, -0.05) is 0 Å². The molecular formula is C10H16N4OS. The van der Waals surface area contributed by atoms with Crippen LogP contribution < -0.4 is 10.6 Å². The minimum Gasteiger partial charge on any atom is -0.389 e. The molecule has 88 valence electrons. The summed E-state index contributed by atoms with van der Waals surface area (Å²) in [7, 11) is 0. The Kier molecular flexibility index (Phi) is 3.73. The Balaban J connectivity index is 3.01. The van der Waals surface area contributed by atoms with Crippen LogP contribution in [0.4, 0.5) is 10.8 Å². The SMILES string of the molecule is CCN(CC(C)(C)O)c1snc(N)c1C#N. The smallest absolute Gasteiger partial charge is 0.157 e. The number of aromatic nitrogens is 1. The number of anilines is 2. The quantitative estimate of drug-likeness (QED) is 0.825. The van der Waals surface area contributed by atoms with Gasteiger partial charge in [0.1, 0.15) is 16.6 Å². The molecule has 5 nitrogen and oxygen atoms in total. The fraction of sp³-hybridized carbons (Fsp3) is 0.600. The van der Waals surface area contributed by atoms with Crippen molar-refractivity contribution in [3.8, 4) is 6.07 Å². The average molecular weight is 240 g/mol. The maximum atomic E-state index is 9.78. The van der Waals surface area contributed by atoms with Crippen LogP contribution in [0.2, 0.25) is 0 Å². The van der Waals surface area contributed by atoms with E-state index in [9.17, 15) is 5.11 Å². The molecule has 1 aromatic heterocycles. The third kappa shape index (κ3) is 2.84. The molecule has 3 N–H and O–H groups in total. The molecule has 16 heavy (non-hydrogen) atoms. The number of rotatable bonds is 4. The third-order valence-corrected chi connectivity index (χ3v) is 2.98. The van der Waals surface area contributed by atoms with Gasteiger partial charge in [-0.15, -0.1) is 0 Å². The van der Waals surface area contributed by atoms with E-state index in [1.165, 1.54) is 11.5 Å². The number of hydrogen-bond acceptors (Lipinski definition) is 6. The van der Waals surface area contributed by atoms with E-state index in [-0.39, 0.29) is 5.82 Å². The normalized spacial score (nSPS) is 11.2. The van der Waals surface area contributed by atoms with Crippen molar-refractivity contribution in [2.75, 3.05) is 23.7 Å². The number of likely N-dealkylation sites (N-methyl/N-ethyl adjacent to an activating group) is 1. The molecule has 0 aromatic carbocycles. The highest BCUT2D eigenvalue weighted by molar-refractivity contribution is 7.10. The van der Waals surface area contributed by atoms with Gasteiger partial charge in [-0.05, 0) is 32.3 Å². The van der Waals surface area contributed by atoms with Gasteiger partial charge in [-0.3, -0.25) is 0 Å². The molecule has 0 fully saturated rings. The van der Waals surface area contributed by atoms with Crippen LogP contribution in [-0.4, -0.2) is 28.2 Å². The molecule has 6 heteroatoms. The minimum atomic E-state index is -0.818. The zero-order chi connectivity index (χ0) is 12.3. The summed E-state index contributed by atoms with van der Waals surface area (Å²) in [5.41, 5.74) is 5.18. The zero-order valence-corrected chi connectivity index (χ0v) is 10.5. The Bertz CT molecular complexity index is 402. The summed E-state index contributed by atoms with van der Waals surface area (Å²) in [4.78, 5) is 1.91. The first-order chi connectivity index (χ1) is 7.39. The largest absolute Gasteiger partial charge is 0.389 e. The van der Waals surface area contributed by atoms with Crippen molar-refractivity contribution in [2.45, 2.75) is 26.4 Å². The number of nitrogens with two attached hydrogens (primary N) is 1. The van der Waals surface area contributed by atoms with E-state index in [0.717, 1.165) is 5.00 Å². The molecule has 0 aliphatic carbocycles. The van der Waals surface area contributed by atoms with Crippen molar-refractivity contribution in [3.63, 3.8) is 0 Å². The fourth-order valence-electron chi connectivity index (χ4n) is 1.41. The van der Waals surface area contributed by atoms with E-state index < -0.39 is 5.60 Å². The number of nitriles is 1. The van der Waals surface area contributed by atoms with Crippen LogP contribution in [0.5, 0.6) is 0 Å². The fourth-order valence-corrected chi connectivity index (χ4v) is 2.24. The molecule has 0 saturated heterocycles. The Morgan fingerprint density at radius 3 is 2.69 bits per heavy atom. The van der Waals surface area contributed by atoms with Crippen LogP contribution in [0, 0.1) is 11.3 Å². The number of nitrogen functional groups attached to an aromatic ring is 1. The molecule has 0 aliphatic heterocycles. The van der Waals surface area contributed by atoms with Crippen molar-refractivity contribution in [3.05, 3.63) is 5.56 Å². The number of hydrogen-bond donors (Lipinski definition) is 2. The van der Waals surface area contributed by atoms with E-state index in [4.69, 9.17) is 11.0 Å². The van der Waals surface area contributed by atoms with Gasteiger partial charge in [0.2, 0.25) is 0 Å². The van der Waals surface area contributed by atoms with Crippen LogP contribution in [0.25, 0.3) is 0 Å². The predicted molar refractivity (Wildman–Crippen MR) is 65.4 cm³/mol. The average Bonchev–Trinajstić information content (AvgIpc) is 2.54. The third-order valence-electron chi connectivity index (χ3n) is 2.06. The molecule has 0 radical (unpaired) electrons. The first-order valence-electron chi connectivity index (χ1n) is 5.01. The summed E-state index contributed by atoms with van der Waals surface area (Å²) in [6.07, 6.45) is 0. The molecule has 1 aromatic rings. The number of nitrogens with zero attached hydrogens (tertiary/aromatic N) is 3. The summed E-state index contributed by atoms with van der Waals surface area (Å²) in [6, 6.07) is 2.04. The highest BCUT2D eigenvalue weighted by Crippen LogP contribution is 2.30. The summed E-state index contributed by atoms with van der Waals surface area (Å²) >= 11 is 1.19. The molecule has 0 saturated carbocycles. The summed E-state index contributed by atoms with van der Waals surface area (Å²) in [5.74, 6) is 0.261. The summed E-state index contributed by atoms with van der Waals surface area (Å²) in [5, 5.41) is 19.5. The zero-order valence-electron chi connectivity index (χ0n) is 9.69. The maximum Gasteiger partial charge on any atom is 0.157 e. The van der Waals surface area contributed by atoms with Gasteiger partial charge in [0.05, 0.1) is 5.60 Å². The lowest BCUT2D eigenvalue weighted by Gasteiger charge is -2.28. The molecule has 0 atom stereocenters. The molecule has 0 amide bonds. The second kappa shape index (κ2) is 4.68. The predicted octanol–water partition coefficient (Wildman–Crippen LogP) is 1.19. The van der Waals surface area contributed by atoms with Crippen molar-refractivity contribution < 1.29 is 5.11 Å². The molecule has 1 rings (SSSR count). The van der Waals surface area contributed by atoms with E-state index in [1.807, 2.05) is 17.9 Å². The van der Waals surface area contributed by atoms with Crippen molar-refractivity contribution in [2.24, 2.45) is 0 Å². The van der Waals surface area contributed by atoms with Gasteiger partial charge < -0.3 is 15.7 Å². The Labute approximate surface area is 99.3 Å². The van der Waals surface area contributed by atoms with Crippen molar-refractivity contribution >= 4 is 22.4 Å². The first-order valence-corrected chi connectivity index (χ1v) is 5.79. The second-order valence-electron chi connectivity index (χ2n) is 4.19. The summed E-state index contributed by atoms with van der Waals surface area (Å²) in [6.45, 7) is 6.56. The van der Waals surface area contributed by atoms with E-state index in [1.54, 1.807) is 13.8 Å². The Hall–Kier alpha value is -1.32. The van der Waals surface area contributed by atoms with Crippen molar-refractivity contribution in [1.82, 2.24) is 4.37 Å². The second-order valence-corrected chi connectivity index (χ2v) is 4.94. The topological polar surface area (TPSA) is 86.2 Å². The van der Waals surface area contributed by atoms with Gasteiger partial charge in [-0.2, -0.15) is 9.64 Å². The molecule has 0 spiro atoms. The van der Waals surface area contributed by atoms with Gasteiger partial charge in [0.15, 0.2) is 5.82 Å². The monoisotopic (exact) mass is 240 g/mol. The van der Waals surface area contributed by atoms with Gasteiger partial charge in [-0.25, -0.2) is 0 Å². The summed E-state index contributed by atoms with van der Waals surface area (Å²) < 4.78 is 3.96. The van der Waals surface area contributed by atoms with Gasteiger partial charge >= 0.3 is 0 Å². The van der Waals surface area contributed by atoms with Crippen LogP contribution in [-0.2, 0) is 0 Å². The minimum absolute atomic E-state index is 0.261. The first kappa shape index (κ1) is 12.7. The van der Waals surface area contributed by atoms with Gasteiger partial charge in [0.25, 0.3) is 0 Å².